The van der Waals surface area contributed by atoms with Crippen LogP contribution in [0.2, 0.25) is 0 Å². The fourth-order valence-corrected chi connectivity index (χ4v) is 1.82. The molecule has 1 amide bonds. The molecule has 4 nitrogen and oxygen atoms in total. The highest BCUT2D eigenvalue weighted by Gasteiger charge is 2.25. The quantitative estimate of drug-likeness (QED) is 0.713. The molecule has 0 heterocycles. The van der Waals surface area contributed by atoms with Gasteiger partial charge in [0, 0.05) is 20.2 Å². The van der Waals surface area contributed by atoms with Gasteiger partial charge in [0.2, 0.25) is 0 Å². The maximum Gasteiger partial charge on any atom is 0.407 e. The number of carbonyl (C=O) groups is 1. The first kappa shape index (κ1) is 10.3. The van der Waals surface area contributed by atoms with E-state index >= 15 is 0 Å². The first-order valence-corrected chi connectivity index (χ1v) is 4.63. The van der Waals surface area contributed by atoms with Gasteiger partial charge in [0.1, 0.15) is 0 Å². The Kier molecular flexibility index (Phi) is 3.54. The van der Waals surface area contributed by atoms with Crippen LogP contribution in [0.4, 0.5) is 4.79 Å². The maximum absolute atomic E-state index is 10.6. The van der Waals surface area contributed by atoms with Crippen molar-refractivity contribution in [2.75, 3.05) is 14.2 Å². The zero-order valence-corrected chi connectivity index (χ0v) is 8.19. The van der Waals surface area contributed by atoms with Gasteiger partial charge in [-0.25, -0.2) is 4.79 Å². The fourth-order valence-electron chi connectivity index (χ4n) is 1.82. The molecule has 13 heavy (non-hydrogen) atoms. The summed E-state index contributed by atoms with van der Waals surface area (Å²) in [5, 5.41) is 8.75. The first-order valence-electron chi connectivity index (χ1n) is 4.63. The second kappa shape index (κ2) is 4.46. The second-order valence-electron chi connectivity index (χ2n) is 3.56. The zero-order chi connectivity index (χ0) is 9.84. The Hall–Kier alpha value is -0.770. The Bertz CT molecular complexity index is 176. The summed E-state index contributed by atoms with van der Waals surface area (Å²) in [7, 11) is 3.35. The van der Waals surface area contributed by atoms with Crippen molar-refractivity contribution in [3.05, 3.63) is 0 Å². The average molecular weight is 187 g/mol. The van der Waals surface area contributed by atoms with Crippen molar-refractivity contribution in [1.82, 2.24) is 4.90 Å². The van der Waals surface area contributed by atoms with Gasteiger partial charge in [0.15, 0.2) is 0 Å². The van der Waals surface area contributed by atoms with Crippen molar-refractivity contribution in [1.29, 1.82) is 0 Å². The van der Waals surface area contributed by atoms with Crippen LogP contribution in [-0.2, 0) is 4.74 Å². The summed E-state index contributed by atoms with van der Waals surface area (Å²) in [4.78, 5) is 12.1. The fraction of sp³-hybridized carbons (Fsp3) is 0.889. The molecular formula is C9H17NO3. The lowest BCUT2D eigenvalue weighted by molar-refractivity contribution is 0.0443. The van der Waals surface area contributed by atoms with Crippen LogP contribution in [0.25, 0.3) is 0 Å². The zero-order valence-electron chi connectivity index (χ0n) is 8.19. The number of rotatable bonds is 2. The highest BCUT2D eigenvalue weighted by atomic mass is 16.5. The summed E-state index contributed by atoms with van der Waals surface area (Å²) >= 11 is 0. The van der Waals surface area contributed by atoms with E-state index in [-0.39, 0.29) is 6.04 Å². The van der Waals surface area contributed by atoms with Crippen molar-refractivity contribution in [2.45, 2.75) is 37.8 Å². The van der Waals surface area contributed by atoms with E-state index in [1.165, 1.54) is 4.90 Å². The van der Waals surface area contributed by atoms with E-state index in [1.54, 1.807) is 14.2 Å². The van der Waals surface area contributed by atoms with E-state index in [9.17, 15) is 4.79 Å². The predicted molar refractivity (Wildman–Crippen MR) is 48.8 cm³/mol. The van der Waals surface area contributed by atoms with Crippen LogP contribution in [0.3, 0.4) is 0 Å². The van der Waals surface area contributed by atoms with Crippen molar-refractivity contribution in [3.63, 3.8) is 0 Å². The average Bonchev–Trinajstić information content (AvgIpc) is 2.17. The smallest absolute Gasteiger partial charge is 0.407 e. The van der Waals surface area contributed by atoms with Crippen LogP contribution in [-0.4, -0.2) is 42.4 Å². The maximum atomic E-state index is 10.6. The Balaban J connectivity index is 2.36. The van der Waals surface area contributed by atoms with Gasteiger partial charge in [-0.15, -0.1) is 0 Å². The third-order valence-electron chi connectivity index (χ3n) is 2.83. The molecule has 76 valence electrons. The summed E-state index contributed by atoms with van der Waals surface area (Å²) in [6.07, 6.45) is 3.28. The standard InChI is InChI=1S/C9H17NO3/c1-10(9(11)12)7-3-5-8(13-2)6-4-7/h7-8H,3-6H2,1-2H3,(H,11,12)/t7-,8-. The van der Waals surface area contributed by atoms with Crippen LogP contribution >= 0.6 is 0 Å². The number of nitrogens with zero attached hydrogens (tertiary/aromatic N) is 1. The highest BCUT2D eigenvalue weighted by Crippen LogP contribution is 2.23. The number of hydrogen-bond acceptors (Lipinski definition) is 2. The molecule has 0 aromatic rings. The van der Waals surface area contributed by atoms with Crippen molar-refractivity contribution in [3.8, 4) is 0 Å². The molecule has 0 spiro atoms. The van der Waals surface area contributed by atoms with Gasteiger partial charge in [-0.3, -0.25) is 0 Å². The Morgan fingerprint density at radius 1 is 1.38 bits per heavy atom. The molecule has 0 aromatic heterocycles. The van der Waals surface area contributed by atoms with Crippen LogP contribution < -0.4 is 0 Å². The lowest BCUT2D eigenvalue weighted by Crippen LogP contribution is -2.39. The number of carboxylic acid groups (broad SMARTS) is 1. The molecule has 1 N–H and O–H groups in total. The van der Waals surface area contributed by atoms with E-state index < -0.39 is 6.09 Å². The topological polar surface area (TPSA) is 49.8 Å². The molecule has 1 saturated carbocycles. The molecule has 1 aliphatic carbocycles. The van der Waals surface area contributed by atoms with Crippen molar-refractivity contribution in [2.24, 2.45) is 0 Å². The monoisotopic (exact) mass is 187 g/mol. The summed E-state index contributed by atoms with van der Waals surface area (Å²) in [5.74, 6) is 0. The van der Waals surface area contributed by atoms with Gasteiger partial charge >= 0.3 is 6.09 Å². The van der Waals surface area contributed by atoms with Gasteiger partial charge in [-0.05, 0) is 25.7 Å². The number of methoxy groups -OCH3 is 1. The largest absolute Gasteiger partial charge is 0.465 e. The molecular weight excluding hydrogens is 170 g/mol. The van der Waals surface area contributed by atoms with Crippen LogP contribution in [0.5, 0.6) is 0 Å². The van der Waals surface area contributed by atoms with Crippen LogP contribution in [0, 0.1) is 0 Å². The molecule has 0 bridgehead atoms. The molecule has 1 fully saturated rings. The molecule has 0 aliphatic heterocycles. The second-order valence-corrected chi connectivity index (χ2v) is 3.56. The van der Waals surface area contributed by atoms with Crippen molar-refractivity contribution < 1.29 is 14.6 Å². The SMILES string of the molecule is CO[C@H]1CC[C@H](N(C)C(=O)O)CC1. The Morgan fingerprint density at radius 3 is 2.31 bits per heavy atom. The normalized spacial score (nSPS) is 28.5. The summed E-state index contributed by atoms with van der Waals surface area (Å²) in [6, 6.07) is 0.184. The minimum Gasteiger partial charge on any atom is -0.465 e. The van der Waals surface area contributed by atoms with Crippen LogP contribution in [0.15, 0.2) is 0 Å². The van der Waals surface area contributed by atoms with Crippen LogP contribution in [0.1, 0.15) is 25.7 Å². The minimum absolute atomic E-state index is 0.184. The van der Waals surface area contributed by atoms with E-state index in [1.807, 2.05) is 0 Å². The molecule has 0 saturated heterocycles. The van der Waals surface area contributed by atoms with E-state index in [0.29, 0.717) is 6.10 Å². The van der Waals surface area contributed by atoms with E-state index in [2.05, 4.69) is 0 Å². The molecule has 0 unspecified atom stereocenters. The minimum atomic E-state index is -0.833. The van der Waals surface area contributed by atoms with Gasteiger partial charge in [0.05, 0.1) is 6.10 Å². The third kappa shape index (κ3) is 2.59. The predicted octanol–water partition coefficient (Wildman–Crippen LogP) is 1.55. The molecule has 0 radical (unpaired) electrons. The number of amides is 1. The van der Waals surface area contributed by atoms with Gasteiger partial charge in [-0.1, -0.05) is 0 Å². The van der Waals surface area contributed by atoms with Crippen molar-refractivity contribution >= 4 is 6.09 Å². The van der Waals surface area contributed by atoms with E-state index in [4.69, 9.17) is 9.84 Å². The van der Waals surface area contributed by atoms with E-state index in [0.717, 1.165) is 25.7 Å². The number of hydrogen-bond donors (Lipinski definition) is 1. The van der Waals surface area contributed by atoms with Gasteiger partial charge in [-0.2, -0.15) is 0 Å². The third-order valence-corrected chi connectivity index (χ3v) is 2.83. The first-order chi connectivity index (χ1) is 6.15. The Labute approximate surface area is 78.5 Å². The molecule has 0 aromatic carbocycles. The summed E-state index contributed by atoms with van der Waals surface area (Å²) in [6.45, 7) is 0. The lowest BCUT2D eigenvalue weighted by atomic mass is 9.92. The summed E-state index contributed by atoms with van der Waals surface area (Å²) in [5.41, 5.74) is 0. The van der Waals surface area contributed by atoms with Gasteiger partial charge < -0.3 is 14.7 Å². The molecule has 1 rings (SSSR count). The highest BCUT2D eigenvalue weighted by molar-refractivity contribution is 5.64. The lowest BCUT2D eigenvalue weighted by Gasteiger charge is -2.32. The van der Waals surface area contributed by atoms with Gasteiger partial charge in [0.25, 0.3) is 0 Å². The molecule has 4 heteroatoms. The molecule has 0 atom stereocenters. The summed E-state index contributed by atoms with van der Waals surface area (Å²) < 4.78 is 5.21. The number of ether oxygens (including phenoxy) is 1. The Morgan fingerprint density at radius 2 is 1.92 bits per heavy atom. The molecule has 1 aliphatic rings.